The summed E-state index contributed by atoms with van der Waals surface area (Å²) in [6, 6.07) is 15.8. The fourth-order valence-corrected chi connectivity index (χ4v) is 2.72. The molecule has 1 atom stereocenters. The number of hydrogen-bond acceptors (Lipinski definition) is 4. The van der Waals surface area contributed by atoms with E-state index in [4.69, 9.17) is 0 Å². The van der Waals surface area contributed by atoms with Crippen molar-refractivity contribution < 1.29 is 9.72 Å². The summed E-state index contributed by atoms with van der Waals surface area (Å²) in [5.74, 6) is 0.201. The van der Waals surface area contributed by atoms with E-state index in [0.717, 1.165) is 11.3 Å². The lowest BCUT2D eigenvalue weighted by molar-refractivity contribution is -0.384. The van der Waals surface area contributed by atoms with Gasteiger partial charge in [-0.15, -0.1) is 11.8 Å². The van der Waals surface area contributed by atoms with Gasteiger partial charge in [-0.2, -0.15) is 0 Å². The summed E-state index contributed by atoms with van der Waals surface area (Å²) in [5.41, 5.74) is 1.67. The molecule has 0 aromatic heterocycles. The van der Waals surface area contributed by atoms with Crippen LogP contribution in [0.1, 0.15) is 17.7 Å². The summed E-state index contributed by atoms with van der Waals surface area (Å²) < 4.78 is 0. The minimum absolute atomic E-state index is 0.00132. The number of anilines is 1. The van der Waals surface area contributed by atoms with Crippen LogP contribution >= 0.6 is 11.8 Å². The van der Waals surface area contributed by atoms with Crippen LogP contribution in [0.4, 0.5) is 11.4 Å². The Morgan fingerprint density at radius 1 is 1.23 bits per heavy atom. The second kappa shape index (κ2) is 7.61. The summed E-state index contributed by atoms with van der Waals surface area (Å²) in [7, 11) is 0. The molecule has 2 rings (SSSR count). The van der Waals surface area contributed by atoms with Gasteiger partial charge in [0.2, 0.25) is 5.91 Å². The van der Waals surface area contributed by atoms with Gasteiger partial charge in [-0.3, -0.25) is 14.9 Å². The predicted octanol–water partition coefficient (Wildman–Crippen LogP) is 4.03. The molecule has 2 aromatic carbocycles. The highest BCUT2D eigenvalue weighted by molar-refractivity contribution is 8.00. The Labute approximate surface area is 132 Å². The third-order valence-corrected chi connectivity index (χ3v) is 4.27. The van der Waals surface area contributed by atoms with Gasteiger partial charge in [0.15, 0.2) is 0 Å². The number of non-ortho nitro benzene ring substituents is 1. The van der Waals surface area contributed by atoms with E-state index in [2.05, 4.69) is 5.32 Å². The molecule has 2 aromatic rings. The Morgan fingerprint density at radius 3 is 2.64 bits per heavy atom. The van der Waals surface area contributed by atoms with E-state index in [1.807, 2.05) is 43.3 Å². The molecule has 0 aliphatic heterocycles. The maximum atomic E-state index is 11.9. The number of hydrogen-bond donors (Lipinski definition) is 1. The lowest BCUT2D eigenvalue weighted by Crippen LogP contribution is -2.14. The number of nitro benzene ring substituents is 1. The Kier molecular flexibility index (Phi) is 5.55. The van der Waals surface area contributed by atoms with Crippen LogP contribution in [0.2, 0.25) is 0 Å². The predicted molar refractivity (Wildman–Crippen MR) is 89.0 cm³/mol. The smallest absolute Gasteiger partial charge is 0.269 e. The van der Waals surface area contributed by atoms with Crippen LogP contribution in [0, 0.1) is 10.1 Å². The molecule has 114 valence electrons. The fourth-order valence-electron chi connectivity index (χ4n) is 1.91. The van der Waals surface area contributed by atoms with Crippen LogP contribution < -0.4 is 5.32 Å². The van der Waals surface area contributed by atoms with Crippen molar-refractivity contribution in [2.24, 2.45) is 0 Å². The summed E-state index contributed by atoms with van der Waals surface area (Å²) in [4.78, 5) is 22.2. The second-order valence-corrected chi connectivity index (χ2v) is 6.05. The highest BCUT2D eigenvalue weighted by atomic mass is 32.2. The van der Waals surface area contributed by atoms with Gasteiger partial charge in [-0.05, 0) is 24.6 Å². The zero-order chi connectivity index (χ0) is 15.9. The number of rotatable bonds is 6. The molecular formula is C16H16N2O3S. The fraction of sp³-hybridized carbons (Fsp3) is 0.188. The topological polar surface area (TPSA) is 72.2 Å². The molecule has 0 radical (unpaired) electrons. The molecule has 1 N–H and O–H groups in total. The zero-order valence-electron chi connectivity index (χ0n) is 12.1. The van der Waals surface area contributed by atoms with Gasteiger partial charge in [0, 0.05) is 23.1 Å². The summed E-state index contributed by atoms with van der Waals surface area (Å²) in [6.45, 7) is 1.93. The maximum Gasteiger partial charge on any atom is 0.269 e. The molecule has 0 bridgehead atoms. The average Bonchev–Trinajstić information content (AvgIpc) is 2.53. The molecule has 0 aliphatic rings. The van der Waals surface area contributed by atoms with Gasteiger partial charge in [0.05, 0.1) is 10.7 Å². The van der Waals surface area contributed by atoms with Gasteiger partial charge in [-0.1, -0.05) is 30.3 Å². The molecule has 1 amide bonds. The van der Waals surface area contributed by atoms with Crippen molar-refractivity contribution in [2.45, 2.75) is 12.2 Å². The van der Waals surface area contributed by atoms with Crippen LogP contribution in [0.25, 0.3) is 0 Å². The first-order valence-corrected chi connectivity index (χ1v) is 7.82. The van der Waals surface area contributed by atoms with E-state index in [9.17, 15) is 14.9 Å². The molecule has 6 heteroatoms. The summed E-state index contributed by atoms with van der Waals surface area (Å²) in [5, 5.41) is 13.6. The Morgan fingerprint density at radius 2 is 1.95 bits per heavy atom. The summed E-state index contributed by atoms with van der Waals surface area (Å²) in [6.07, 6.45) is 0. The number of benzene rings is 2. The minimum Gasteiger partial charge on any atom is -0.325 e. The van der Waals surface area contributed by atoms with E-state index in [1.165, 1.54) is 17.8 Å². The first kappa shape index (κ1) is 16.0. The molecule has 0 fully saturated rings. The number of nitro groups is 1. The van der Waals surface area contributed by atoms with Crippen molar-refractivity contribution in [3.8, 4) is 0 Å². The van der Waals surface area contributed by atoms with Crippen molar-refractivity contribution in [2.75, 3.05) is 11.1 Å². The first-order chi connectivity index (χ1) is 10.6. The van der Waals surface area contributed by atoms with Gasteiger partial charge in [0.1, 0.15) is 0 Å². The van der Waals surface area contributed by atoms with Gasteiger partial charge < -0.3 is 5.32 Å². The number of carbonyl (C=O) groups is 1. The van der Waals surface area contributed by atoms with Crippen LogP contribution in [0.15, 0.2) is 54.6 Å². The molecule has 0 unspecified atom stereocenters. The largest absolute Gasteiger partial charge is 0.325 e. The number of thioether (sulfide) groups is 1. The number of nitrogens with zero attached hydrogens (tertiary/aromatic N) is 1. The molecular weight excluding hydrogens is 300 g/mol. The highest BCUT2D eigenvalue weighted by Crippen LogP contribution is 2.30. The zero-order valence-corrected chi connectivity index (χ0v) is 12.9. The van der Waals surface area contributed by atoms with Gasteiger partial charge in [-0.25, -0.2) is 0 Å². The quantitative estimate of drug-likeness (QED) is 0.645. The third-order valence-electron chi connectivity index (χ3n) is 3.07. The van der Waals surface area contributed by atoms with E-state index in [-0.39, 0.29) is 16.8 Å². The average molecular weight is 316 g/mol. The van der Waals surface area contributed by atoms with Gasteiger partial charge >= 0.3 is 0 Å². The van der Waals surface area contributed by atoms with Crippen LogP contribution in [0.3, 0.4) is 0 Å². The first-order valence-electron chi connectivity index (χ1n) is 6.77. The number of para-hydroxylation sites is 1. The van der Waals surface area contributed by atoms with E-state index in [0.29, 0.717) is 5.75 Å². The number of amides is 1. The molecule has 0 spiro atoms. The minimum atomic E-state index is -0.414. The van der Waals surface area contributed by atoms with Crippen molar-refractivity contribution in [3.05, 3.63) is 70.3 Å². The molecule has 0 saturated carbocycles. The Hall–Kier alpha value is -2.34. The van der Waals surface area contributed by atoms with Crippen LogP contribution in [-0.4, -0.2) is 16.6 Å². The normalized spacial score (nSPS) is 11.7. The monoisotopic (exact) mass is 316 g/mol. The van der Waals surface area contributed by atoms with E-state index < -0.39 is 4.92 Å². The highest BCUT2D eigenvalue weighted by Gasteiger charge is 2.13. The molecule has 0 saturated heterocycles. The van der Waals surface area contributed by atoms with E-state index in [1.54, 1.807) is 12.1 Å². The van der Waals surface area contributed by atoms with Crippen molar-refractivity contribution >= 4 is 29.0 Å². The standard InChI is InChI=1S/C16H16N2O3S/c1-12(13-6-5-9-15(10-13)18(20)21)22-11-16(19)17-14-7-3-2-4-8-14/h2-10,12H,11H2,1H3,(H,17,19)/t12-/m0/s1. The molecule has 0 aliphatic carbocycles. The molecule has 0 heterocycles. The Balaban J connectivity index is 1.89. The Bertz CT molecular complexity index is 661. The second-order valence-electron chi connectivity index (χ2n) is 4.72. The maximum absolute atomic E-state index is 11.9. The molecule has 22 heavy (non-hydrogen) atoms. The number of carbonyl (C=O) groups excluding carboxylic acids is 1. The number of nitrogens with one attached hydrogen (secondary N) is 1. The third kappa shape index (κ3) is 4.60. The van der Waals surface area contributed by atoms with Crippen LogP contribution in [-0.2, 0) is 4.79 Å². The van der Waals surface area contributed by atoms with Crippen molar-refractivity contribution in [1.82, 2.24) is 0 Å². The summed E-state index contributed by atoms with van der Waals surface area (Å²) >= 11 is 1.44. The van der Waals surface area contributed by atoms with E-state index >= 15 is 0 Å². The van der Waals surface area contributed by atoms with Crippen molar-refractivity contribution in [1.29, 1.82) is 0 Å². The lowest BCUT2D eigenvalue weighted by Gasteiger charge is -2.11. The SMILES string of the molecule is C[C@H](SCC(=O)Nc1ccccc1)c1cccc([N+](=O)[O-])c1. The van der Waals surface area contributed by atoms with Gasteiger partial charge in [0.25, 0.3) is 5.69 Å². The van der Waals surface area contributed by atoms with Crippen molar-refractivity contribution in [3.63, 3.8) is 0 Å². The van der Waals surface area contributed by atoms with Crippen LogP contribution in [0.5, 0.6) is 0 Å². The lowest BCUT2D eigenvalue weighted by atomic mass is 10.1. The molecule has 5 nitrogen and oxygen atoms in total.